The van der Waals surface area contributed by atoms with E-state index >= 15 is 0 Å². The van der Waals surface area contributed by atoms with E-state index in [-0.39, 0.29) is 5.78 Å². The van der Waals surface area contributed by atoms with Crippen LogP contribution in [0.3, 0.4) is 0 Å². The Morgan fingerprint density at radius 3 is 2.43 bits per heavy atom. The summed E-state index contributed by atoms with van der Waals surface area (Å²) < 4.78 is 13.0. The molecule has 1 aromatic heterocycles. The molecule has 158 valence electrons. The second kappa shape index (κ2) is 9.45. The molecule has 4 rings (SSSR count). The van der Waals surface area contributed by atoms with Gasteiger partial charge in [0.1, 0.15) is 5.75 Å². The molecule has 0 atom stereocenters. The quantitative estimate of drug-likeness (QED) is 0.413. The summed E-state index contributed by atoms with van der Waals surface area (Å²) in [7, 11) is 1.63. The standard InChI is InChI=1S/C25H30N2O3/c1-19-24(25(28)20-9-11-21(29-2)12-10-20)22-7-3-4-8-23(22)27(19)14-6-5-13-26-15-17-30-18-16-26/h3-4,7-12H,5-6,13-18H2,1-2H3. The van der Waals surface area contributed by atoms with Gasteiger partial charge in [0, 0.05) is 41.8 Å². The smallest absolute Gasteiger partial charge is 0.195 e. The zero-order chi connectivity index (χ0) is 20.9. The fraction of sp³-hybridized carbons (Fsp3) is 0.400. The fourth-order valence-corrected chi connectivity index (χ4v) is 4.32. The molecule has 2 aromatic carbocycles. The molecule has 30 heavy (non-hydrogen) atoms. The lowest BCUT2D eigenvalue weighted by molar-refractivity contribution is 0.0371. The number of hydrogen-bond donors (Lipinski definition) is 0. The van der Waals surface area contributed by atoms with Crippen LogP contribution in [0.4, 0.5) is 0 Å². The van der Waals surface area contributed by atoms with Crippen molar-refractivity contribution in [3.63, 3.8) is 0 Å². The van der Waals surface area contributed by atoms with Crippen LogP contribution < -0.4 is 4.74 Å². The minimum atomic E-state index is 0.0680. The van der Waals surface area contributed by atoms with Crippen molar-refractivity contribution in [1.82, 2.24) is 9.47 Å². The minimum absolute atomic E-state index is 0.0680. The molecule has 2 heterocycles. The van der Waals surface area contributed by atoms with Gasteiger partial charge < -0.3 is 14.0 Å². The van der Waals surface area contributed by atoms with Crippen LogP contribution in [0.1, 0.15) is 34.5 Å². The highest BCUT2D eigenvalue weighted by molar-refractivity contribution is 6.17. The highest BCUT2D eigenvalue weighted by atomic mass is 16.5. The van der Waals surface area contributed by atoms with Crippen molar-refractivity contribution in [3.8, 4) is 5.75 Å². The van der Waals surface area contributed by atoms with Crippen LogP contribution in [0.2, 0.25) is 0 Å². The summed E-state index contributed by atoms with van der Waals surface area (Å²) in [6.45, 7) is 7.86. The molecular formula is C25H30N2O3. The Morgan fingerprint density at radius 1 is 1.00 bits per heavy atom. The largest absolute Gasteiger partial charge is 0.497 e. The Labute approximate surface area is 178 Å². The fourth-order valence-electron chi connectivity index (χ4n) is 4.32. The van der Waals surface area contributed by atoms with Crippen molar-refractivity contribution in [2.75, 3.05) is 40.0 Å². The van der Waals surface area contributed by atoms with E-state index in [1.807, 2.05) is 36.4 Å². The Kier molecular flexibility index (Phi) is 6.50. The summed E-state index contributed by atoms with van der Waals surface area (Å²) in [5, 5.41) is 1.03. The lowest BCUT2D eigenvalue weighted by Gasteiger charge is -2.26. The molecule has 5 nitrogen and oxygen atoms in total. The van der Waals surface area contributed by atoms with Crippen LogP contribution in [-0.4, -0.2) is 55.2 Å². The van der Waals surface area contributed by atoms with Gasteiger partial charge in [-0.25, -0.2) is 0 Å². The monoisotopic (exact) mass is 406 g/mol. The molecule has 0 radical (unpaired) electrons. The molecule has 0 aliphatic carbocycles. The first-order valence-electron chi connectivity index (χ1n) is 10.8. The maximum atomic E-state index is 13.4. The van der Waals surface area contributed by atoms with Crippen molar-refractivity contribution in [1.29, 1.82) is 0 Å². The number of aromatic nitrogens is 1. The summed E-state index contributed by atoms with van der Waals surface area (Å²) in [6, 6.07) is 15.6. The number of rotatable bonds is 8. The molecule has 1 fully saturated rings. The van der Waals surface area contributed by atoms with E-state index in [0.717, 1.165) is 80.1 Å². The van der Waals surface area contributed by atoms with Gasteiger partial charge in [-0.05, 0) is 56.6 Å². The molecule has 1 aliphatic heterocycles. The van der Waals surface area contributed by atoms with Crippen LogP contribution in [0.25, 0.3) is 10.9 Å². The Bertz CT molecular complexity index is 1000. The van der Waals surface area contributed by atoms with E-state index in [0.29, 0.717) is 5.56 Å². The Morgan fingerprint density at radius 2 is 1.70 bits per heavy atom. The molecule has 0 amide bonds. The van der Waals surface area contributed by atoms with E-state index in [1.165, 1.54) is 0 Å². The van der Waals surface area contributed by atoms with Gasteiger partial charge in [0.2, 0.25) is 0 Å². The SMILES string of the molecule is COc1ccc(C(=O)c2c(C)n(CCCCN3CCOCC3)c3ccccc23)cc1. The third-order valence-electron chi connectivity index (χ3n) is 6.02. The number of carbonyl (C=O) groups is 1. The molecular weight excluding hydrogens is 376 g/mol. The summed E-state index contributed by atoms with van der Waals surface area (Å²) >= 11 is 0. The number of benzene rings is 2. The first-order valence-corrected chi connectivity index (χ1v) is 10.8. The van der Waals surface area contributed by atoms with Crippen molar-refractivity contribution in [2.24, 2.45) is 0 Å². The van der Waals surface area contributed by atoms with Gasteiger partial charge in [-0.2, -0.15) is 0 Å². The van der Waals surface area contributed by atoms with Gasteiger partial charge in [0.05, 0.1) is 25.9 Å². The molecule has 0 bridgehead atoms. The van der Waals surface area contributed by atoms with Gasteiger partial charge in [-0.1, -0.05) is 18.2 Å². The number of ketones is 1. The number of hydrogen-bond acceptors (Lipinski definition) is 4. The number of ether oxygens (including phenoxy) is 2. The third-order valence-corrected chi connectivity index (χ3v) is 6.02. The van der Waals surface area contributed by atoms with Gasteiger partial charge >= 0.3 is 0 Å². The highest BCUT2D eigenvalue weighted by Gasteiger charge is 2.21. The number of carbonyl (C=O) groups excluding carboxylic acids is 1. The lowest BCUT2D eigenvalue weighted by atomic mass is 10.0. The van der Waals surface area contributed by atoms with E-state index in [1.54, 1.807) is 7.11 Å². The molecule has 5 heteroatoms. The molecule has 0 spiro atoms. The summed E-state index contributed by atoms with van der Waals surface area (Å²) in [4.78, 5) is 15.8. The summed E-state index contributed by atoms with van der Waals surface area (Å²) in [5.41, 5.74) is 3.68. The van der Waals surface area contributed by atoms with Crippen LogP contribution in [0.15, 0.2) is 48.5 Å². The number of aryl methyl sites for hydroxylation is 1. The third kappa shape index (κ3) is 4.27. The molecule has 1 aliphatic rings. The Hall–Kier alpha value is -2.63. The van der Waals surface area contributed by atoms with Crippen LogP contribution in [0.5, 0.6) is 5.75 Å². The number of methoxy groups -OCH3 is 1. The minimum Gasteiger partial charge on any atom is -0.497 e. The van der Waals surface area contributed by atoms with E-state index in [2.05, 4.69) is 28.5 Å². The van der Waals surface area contributed by atoms with Gasteiger partial charge in [-0.15, -0.1) is 0 Å². The summed E-state index contributed by atoms with van der Waals surface area (Å²) in [6.07, 6.45) is 2.24. The van der Waals surface area contributed by atoms with E-state index in [9.17, 15) is 4.79 Å². The number of nitrogens with zero attached hydrogens (tertiary/aromatic N) is 2. The first-order chi connectivity index (χ1) is 14.7. The predicted octanol–water partition coefficient (Wildman–Crippen LogP) is 4.30. The number of morpholine rings is 1. The normalized spacial score (nSPS) is 14.9. The maximum absolute atomic E-state index is 13.4. The second-order valence-electron chi connectivity index (χ2n) is 7.85. The second-order valence-corrected chi connectivity index (χ2v) is 7.85. The molecule has 1 saturated heterocycles. The number of para-hydroxylation sites is 1. The van der Waals surface area contributed by atoms with Crippen molar-refractivity contribution in [3.05, 3.63) is 65.4 Å². The van der Waals surface area contributed by atoms with E-state index in [4.69, 9.17) is 9.47 Å². The van der Waals surface area contributed by atoms with Crippen molar-refractivity contribution >= 4 is 16.7 Å². The topological polar surface area (TPSA) is 43.7 Å². The van der Waals surface area contributed by atoms with Crippen LogP contribution in [0, 0.1) is 6.92 Å². The molecule has 0 unspecified atom stereocenters. The zero-order valence-corrected chi connectivity index (χ0v) is 17.9. The zero-order valence-electron chi connectivity index (χ0n) is 17.9. The van der Waals surface area contributed by atoms with Gasteiger partial charge in [0.15, 0.2) is 5.78 Å². The average molecular weight is 407 g/mol. The number of fused-ring (bicyclic) bond motifs is 1. The number of unbranched alkanes of at least 4 members (excludes halogenated alkanes) is 1. The molecule has 0 saturated carbocycles. The lowest BCUT2D eigenvalue weighted by Crippen LogP contribution is -2.36. The van der Waals surface area contributed by atoms with Gasteiger partial charge in [0.25, 0.3) is 0 Å². The van der Waals surface area contributed by atoms with E-state index < -0.39 is 0 Å². The predicted molar refractivity (Wildman–Crippen MR) is 120 cm³/mol. The first kappa shape index (κ1) is 20.6. The van der Waals surface area contributed by atoms with Crippen LogP contribution >= 0.6 is 0 Å². The summed E-state index contributed by atoms with van der Waals surface area (Å²) in [5.74, 6) is 0.824. The highest BCUT2D eigenvalue weighted by Crippen LogP contribution is 2.29. The van der Waals surface area contributed by atoms with Gasteiger partial charge in [-0.3, -0.25) is 9.69 Å². The maximum Gasteiger partial charge on any atom is 0.195 e. The van der Waals surface area contributed by atoms with Crippen molar-refractivity contribution in [2.45, 2.75) is 26.3 Å². The molecule has 3 aromatic rings. The van der Waals surface area contributed by atoms with Crippen molar-refractivity contribution < 1.29 is 14.3 Å². The Balaban J connectivity index is 1.53. The average Bonchev–Trinajstić information content (AvgIpc) is 3.08. The molecule has 0 N–H and O–H groups in total. The van der Waals surface area contributed by atoms with Crippen LogP contribution in [-0.2, 0) is 11.3 Å².